The van der Waals surface area contributed by atoms with Crippen LogP contribution >= 0.6 is 0 Å². The minimum atomic E-state index is -0.465. The molecule has 0 aliphatic rings. The van der Waals surface area contributed by atoms with Crippen molar-refractivity contribution >= 4 is 11.9 Å². The summed E-state index contributed by atoms with van der Waals surface area (Å²) >= 11 is 0. The van der Waals surface area contributed by atoms with E-state index in [-0.39, 0.29) is 0 Å². The van der Waals surface area contributed by atoms with E-state index in [0.717, 1.165) is 27.8 Å². The summed E-state index contributed by atoms with van der Waals surface area (Å²) in [6, 6.07) is 20.4. The highest BCUT2D eigenvalue weighted by molar-refractivity contribution is 5.89. The Hall–Kier alpha value is -4.38. The first-order valence-corrected chi connectivity index (χ1v) is 11.0. The Balaban J connectivity index is 1.92. The van der Waals surface area contributed by atoms with Crippen LogP contribution in [0.4, 0.5) is 0 Å². The van der Waals surface area contributed by atoms with Gasteiger partial charge in [-0.3, -0.25) is 0 Å². The quantitative estimate of drug-likeness (QED) is 0.147. The average molecular weight is 469 g/mol. The molecule has 0 aromatic heterocycles. The summed E-state index contributed by atoms with van der Waals surface area (Å²) in [6.07, 6.45) is 0. The van der Waals surface area contributed by atoms with Gasteiger partial charge in [-0.1, -0.05) is 44.0 Å². The molecule has 0 saturated heterocycles. The highest BCUT2D eigenvalue weighted by Crippen LogP contribution is 2.33. The van der Waals surface area contributed by atoms with E-state index in [9.17, 15) is 9.59 Å². The van der Waals surface area contributed by atoms with Gasteiger partial charge in [0.2, 0.25) is 0 Å². The van der Waals surface area contributed by atoms with Crippen LogP contribution in [0.5, 0.6) is 17.2 Å². The van der Waals surface area contributed by atoms with Crippen LogP contribution in [-0.2, 0) is 9.59 Å². The lowest BCUT2D eigenvalue weighted by Crippen LogP contribution is -2.07. The molecular weight excluding hydrogens is 440 g/mol. The third-order valence-corrected chi connectivity index (χ3v) is 4.89. The van der Waals surface area contributed by atoms with Gasteiger partial charge in [0.25, 0.3) is 0 Å². The minimum Gasteiger partial charge on any atom is -0.489 e. The Kier molecular flexibility index (Phi) is 8.05. The van der Waals surface area contributed by atoms with Crippen LogP contribution in [0, 0.1) is 0 Å². The largest absolute Gasteiger partial charge is 0.489 e. The second kappa shape index (κ2) is 11.2. The lowest BCUT2D eigenvalue weighted by Gasteiger charge is -2.13. The van der Waals surface area contributed by atoms with Crippen LogP contribution in [0.2, 0.25) is 0 Å². The summed E-state index contributed by atoms with van der Waals surface area (Å²) in [7, 11) is 0. The van der Waals surface area contributed by atoms with E-state index < -0.39 is 11.9 Å². The standard InChI is InChI=1S/C30H28O5/c1-19(2)18-33-28-16-24(22-7-11-26(12-8-22)34-29(31)20(3)4)15-25(17-28)23-9-13-27(14-10-23)35-30(32)21(5)6/h7-17H,1,3,5,18H2,2,4,6H3. The van der Waals surface area contributed by atoms with E-state index >= 15 is 0 Å². The van der Waals surface area contributed by atoms with Crippen LogP contribution in [0.3, 0.4) is 0 Å². The Bertz CT molecular complexity index is 1190. The van der Waals surface area contributed by atoms with Crippen molar-refractivity contribution in [2.45, 2.75) is 20.8 Å². The number of rotatable bonds is 9. The Morgan fingerprint density at radius 1 is 0.600 bits per heavy atom. The zero-order valence-electron chi connectivity index (χ0n) is 20.2. The monoisotopic (exact) mass is 468 g/mol. The Morgan fingerprint density at radius 3 is 1.34 bits per heavy atom. The highest BCUT2D eigenvalue weighted by atomic mass is 16.5. The highest BCUT2D eigenvalue weighted by Gasteiger charge is 2.10. The van der Waals surface area contributed by atoms with E-state index in [1.54, 1.807) is 38.1 Å². The summed E-state index contributed by atoms with van der Waals surface area (Å²) in [6.45, 7) is 16.6. The molecule has 0 N–H and O–H groups in total. The van der Waals surface area contributed by atoms with Gasteiger partial charge < -0.3 is 14.2 Å². The van der Waals surface area contributed by atoms with Crippen molar-refractivity contribution in [2.24, 2.45) is 0 Å². The molecule has 5 heteroatoms. The van der Waals surface area contributed by atoms with Crippen molar-refractivity contribution in [3.8, 4) is 39.5 Å². The number of carbonyl (C=O) groups excluding carboxylic acids is 2. The van der Waals surface area contributed by atoms with Gasteiger partial charge >= 0.3 is 11.9 Å². The van der Waals surface area contributed by atoms with Crippen LogP contribution in [0.15, 0.2) is 103 Å². The van der Waals surface area contributed by atoms with E-state index in [2.05, 4.69) is 19.7 Å². The van der Waals surface area contributed by atoms with Gasteiger partial charge in [0.1, 0.15) is 23.9 Å². The maximum Gasteiger partial charge on any atom is 0.338 e. The molecule has 3 aromatic carbocycles. The lowest BCUT2D eigenvalue weighted by atomic mass is 9.98. The fourth-order valence-corrected chi connectivity index (χ4v) is 3.04. The van der Waals surface area contributed by atoms with Gasteiger partial charge in [0.05, 0.1) is 0 Å². The van der Waals surface area contributed by atoms with Gasteiger partial charge in [0.15, 0.2) is 0 Å². The van der Waals surface area contributed by atoms with Crippen molar-refractivity contribution < 1.29 is 23.8 Å². The first kappa shape index (κ1) is 25.2. The molecule has 0 heterocycles. The molecule has 0 fully saturated rings. The minimum absolute atomic E-state index is 0.335. The first-order valence-electron chi connectivity index (χ1n) is 11.0. The first-order chi connectivity index (χ1) is 16.6. The van der Waals surface area contributed by atoms with Crippen LogP contribution in [0.25, 0.3) is 22.3 Å². The van der Waals surface area contributed by atoms with Crippen molar-refractivity contribution in [2.75, 3.05) is 6.61 Å². The van der Waals surface area contributed by atoms with Crippen molar-refractivity contribution in [3.05, 3.63) is 103 Å². The summed E-state index contributed by atoms with van der Waals surface area (Å²) in [5.41, 5.74) is 5.28. The van der Waals surface area contributed by atoms with Gasteiger partial charge in [-0.25, -0.2) is 9.59 Å². The van der Waals surface area contributed by atoms with Crippen molar-refractivity contribution in [1.29, 1.82) is 0 Å². The van der Waals surface area contributed by atoms with Gasteiger partial charge in [0, 0.05) is 11.1 Å². The second-order valence-corrected chi connectivity index (χ2v) is 8.38. The fraction of sp³-hybridized carbons (Fsp3) is 0.133. The number of carbonyl (C=O) groups is 2. The fourth-order valence-electron chi connectivity index (χ4n) is 3.04. The molecule has 0 bridgehead atoms. The van der Waals surface area contributed by atoms with Gasteiger partial charge in [-0.2, -0.15) is 0 Å². The number of ether oxygens (including phenoxy) is 3. The van der Waals surface area contributed by atoms with E-state index in [4.69, 9.17) is 14.2 Å². The van der Waals surface area contributed by atoms with Gasteiger partial charge in [-0.15, -0.1) is 0 Å². The van der Waals surface area contributed by atoms with E-state index in [1.807, 2.05) is 49.4 Å². The molecule has 35 heavy (non-hydrogen) atoms. The number of hydrogen-bond donors (Lipinski definition) is 0. The van der Waals surface area contributed by atoms with Gasteiger partial charge in [-0.05, 0) is 91.1 Å². The molecule has 0 amide bonds. The maximum atomic E-state index is 11.8. The summed E-state index contributed by atoms with van der Waals surface area (Å²) in [5.74, 6) is 0.643. The van der Waals surface area contributed by atoms with Crippen molar-refractivity contribution in [3.63, 3.8) is 0 Å². The number of hydrogen-bond acceptors (Lipinski definition) is 5. The number of esters is 2. The second-order valence-electron chi connectivity index (χ2n) is 8.38. The third kappa shape index (κ3) is 7.05. The Labute approximate surface area is 206 Å². The third-order valence-electron chi connectivity index (χ3n) is 4.89. The Morgan fingerprint density at radius 2 is 1.00 bits per heavy atom. The SMILES string of the molecule is C=C(C)COc1cc(-c2ccc(OC(=O)C(=C)C)cc2)cc(-c2ccc(OC(=O)C(=C)C)cc2)c1. The van der Waals surface area contributed by atoms with E-state index in [0.29, 0.717) is 35.0 Å². The summed E-state index contributed by atoms with van der Waals surface area (Å²) in [5, 5.41) is 0. The normalized spacial score (nSPS) is 10.3. The molecule has 0 saturated carbocycles. The van der Waals surface area contributed by atoms with Crippen LogP contribution < -0.4 is 14.2 Å². The molecule has 5 nitrogen and oxygen atoms in total. The molecular formula is C30H28O5. The lowest BCUT2D eigenvalue weighted by molar-refractivity contribution is -0.130. The van der Waals surface area contributed by atoms with Crippen molar-refractivity contribution in [1.82, 2.24) is 0 Å². The summed E-state index contributed by atoms with van der Waals surface area (Å²) in [4.78, 5) is 23.6. The zero-order valence-corrected chi connectivity index (χ0v) is 20.2. The molecule has 178 valence electrons. The summed E-state index contributed by atoms with van der Waals surface area (Å²) < 4.78 is 16.5. The van der Waals surface area contributed by atoms with Crippen LogP contribution in [-0.4, -0.2) is 18.5 Å². The molecule has 3 aromatic rings. The zero-order chi connectivity index (χ0) is 25.5. The predicted molar refractivity (Wildman–Crippen MR) is 139 cm³/mol. The maximum absolute atomic E-state index is 11.8. The van der Waals surface area contributed by atoms with Crippen LogP contribution in [0.1, 0.15) is 20.8 Å². The average Bonchev–Trinajstić information content (AvgIpc) is 2.83. The molecule has 0 atom stereocenters. The molecule has 0 aliphatic carbocycles. The molecule has 3 rings (SSSR count). The molecule has 0 unspecified atom stereocenters. The molecule has 0 radical (unpaired) electrons. The van der Waals surface area contributed by atoms with E-state index in [1.165, 1.54) is 0 Å². The number of benzene rings is 3. The molecule has 0 spiro atoms. The smallest absolute Gasteiger partial charge is 0.338 e. The predicted octanol–water partition coefficient (Wildman–Crippen LogP) is 6.94. The molecule has 0 aliphatic heterocycles. The topological polar surface area (TPSA) is 61.8 Å².